The molecule has 0 spiro atoms. The van der Waals surface area contributed by atoms with Crippen molar-refractivity contribution in [3.8, 4) is 11.5 Å². The molecular formula is C13H11ClN2O2Ru. The zero-order valence-electron chi connectivity index (χ0n) is 9.98. The van der Waals surface area contributed by atoms with E-state index >= 15 is 0 Å². The third kappa shape index (κ3) is 2.77. The molecule has 0 fully saturated rings. The van der Waals surface area contributed by atoms with E-state index in [4.69, 9.17) is 0 Å². The molecule has 0 aliphatic heterocycles. The molecule has 2 heterocycles. The molecule has 2 N–H and O–H groups in total. The van der Waals surface area contributed by atoms with Gasteiger partial charge in [0.05, 0.1) is 0 Å². The first kappa shape index (κ1) is 15.6. The number of pyridine rings is 2. The Morgan fingerprint density at radius 3 is 1.53 bits per heavy atom. The Kier molecular flexibility index (Phi) is 5.46. The fraction of sp³-hybridized carbons (Fsp3) is 0. The summed E-state index contributed by atoms with van der Waals surface area (Å²) >= 11 is 1.82. The molecule has 0 amide bonds. The van der Waals surface area contributed by atoms with Crippen LogP contribution in [0.4, 0.5) is 0 Å². The zero-order valence-corrected chi connectivity index (χ0v) is 12.5. The Bertz CT molecular complexity index is 646. The van der Waals surface area contributed by atoms with E-state index < -0.39 is 0 Å². The van der Waals surface area contributed by atoms with Gasteiger partial charge >= 0.3 is 27.0 Å². The second-order valence-electron chi connectivity index (χ2n) is 3.52. The maximum atomic E-state index is 9.67. The van der Waals surface area contributed by atoms with Crippen LogP contribution in [-0.4, -0.2) is 20.2 Å². The van der Waals surface area contributed by atoms with Crippen LogP contribution in [0.3, 0.4) is 0 Å². The molecule has 3 aromatic rings. The van der Waals surface area contributed by atoms with Gasteiger partial charge in [0.1, 0.15) is 22.5 Å². The van der Waals surface area contributed by atoms with Crippen LogP contribution in [-0.2, 0) is 17.3 Å². The number of hydrogen-bond donors (Lipinski definition) is 2. The molecular weight excluding hydrogens is 353 g/mol. The van der Waals surface area contributed by atoms with Gasteiger partial charge in [0.25, 0.3) is 0 Å². The van der Waals surface area contributed by atoms with Gasteiger partial charge in [-0.15, -0.1) is 0 Å². The molecule has 0 aliphatic rings. The summed E-state index contributed by atoms with van der Waals surface area (Å²) in [5.74, 6) is 0.328. The molecule has 0 unspecified atom stereocenters. The summed E-state index contributed by atoms with van der Waals surface area (Å²) in [7, 11) is 4.57. The second kappa shape index (κ2) is 6.64. The molecule has 6 heteroatoms. The number of benzene rings is 1. The van der Waals surface area contributed by atoms with Gasteiger partial charge in [0.2, 0.25) is 0 Å². The Morgan fingerprint density at radius 1 is 0.789 bits per heavy atom. The number of rotatable bonds is 0. The fourth-order valence-electron chi connectivity index (χ4n) is 1.80. The van der Waals surface area contributed by atoms with E-state index in [2.05, 4.69) is 19.7 Å². The second-order valence-corrected chi connectivity index (χ2v) is 3.52. The Labute approximate surface area is 124 Å². The summed E-state index contributed by atoms with van der Waals surface area (Å²) in [5.41, 5.74) is 1.18. The van der Waals surface area contributed by atoms with Gasteiger partial charge in [-0.25, -0.2) is 0 Å². The predicted molar refractivity (Wildman–Crippen MR) is 72.6 cm³/mol. The average Bonchev–Trinajstić information content (AvgIpc) is 2.42. The molecule has 0 aliphatic carbocycles. The summed E-state index contributed by atoms with van der Waals surface area (Å²) in [6.07, 6.45) is 3.03. The van der Waals surface area contributed by atoms with Crippen LogP contribution in [0.5, 0.6) is 11.5 Å². The van der Waals surface area contributed by atoms with Crippen molar-refractivity contribution in [2.75, 3.05) is 0 Å². The predicted octanol–water partition coefficient (Wildman–Crippen LogP) is 3.33. The number of aromatic hydroxyl groups is 2. The molecule has 0 atom stereocenters. The molecule has 0 saturated heterocycles. The summed E-state index contributed by atoms with van der Waals surface area (Å²) < 4.78 is 0. The van der Waals surface area contributed by atoms with Crippen molar-refractivity contribution in [1.29, 1.82) is 0 Å². The van der Waals surface area contributed by atoms with Crippen molar-refractivity contribution in [1.82, 2.24) is 9.97 Å². The van der Waals surface area contributed by atoms with Gasteiger partial charge in [-0.3, -0.25) is 9.97 Å². The van der Waals surface area contributed by atoms with Crippen molar-refractivity contribution < 1.29 is 27.5 Å². The minimum atomic E-state index is 0. The van der Waals surface area contributed by atoms with Crippen molar-refractivity contribution >= 4 is 31.5 Å². The molecule has 19 heavy (non-hydrogen) atoms. The first-order valence-corrected chi connectivity index (χ1v) is 7.19. The Morgan fingerprint density at radius 2 is 1.16 bits per heavy atom. The molecule has 0 bridgehead atoms. The van der Waals surface area contributed by atoms with Gasteiger partial charge in [-0.2, -0.15) is 0 Å². The first-order valence-electron chi connectivity index (χ1n) is 4.95. The van der Waals surface area contributed by atoms with Gasteiger partial charge in [0, 0.05) is 23.2 Å². The Balaban J connectivity index is 0.000000576. The third-order valence-electron chi connectivity index (χ3n) is 2.58. The fourth-order valence-corrected chi connectivity index (χ4v) is 1.80. The van der Waals surface area contributed by atoms with Crippen LogP contribution in [0.2, 0.25) is 0 Å². The first-order chi connectivity index (χ1) is 8.77. The van der Waals surface area contributed by atoms with E-state index in [0.29, 0.717) is 21.8 Å². The standard InChI is InChI=1S/C12H8N2O2.CH3.ClH.Ru/c15-9-3-5-13-11-7(9)1-2-8-10(16)4-6-14-12(8)11;;;/h1-6H,(H,13,15)(H,14,16);1H3;1H;/q;-1;;+2/p-1. The van der Waals surface area contributed by atoms with E-state index in [0.717, 1.165) is 0 Å². The molecule has 1 aromatic carbocycles. The number of nitrogens with zero attached hydrogens (tertiary/aromatic N) is 2. The Hall–Kier alpha value is -1.45. The summed E-state index contributed by atoms with van der Waals surface area (Å²) in [6.45, 7) is 0. The van der Waals surface area contributed by atoms with Crippen LogP contribution >= 0.6 is 9.69 Å². The topological polar surface area (TPSA) is 66.2 Å². The summed E-state index contributed by atoms with van der Waals surface area (Å²) in [6, 6.07) is 6.50. The molecule has 0 radical (unpaired) electrons. The van der Waals surface area contributed by atoms with Gasteiger partial charge in [-0.05, 0) is 24.3 Å². The minimum absolute atomic E-state index is 0. The van der Waals surface area contributed by atoms with Gasteiger partial charge in [0.15, 0.2) is 0 Å². The van der Waals surface area contributed by atoms with E-state index in [1.807, 2.05) is 17.3 Å². The van der Waals surface area contributed by atoms with E-state index in [1.54, 1.807) is 12.1 Å². The van der Waals surface area contributed by atoms with Crippen LogP contribution in [0, 0.1) is 7.43 Å². The van der Waals surface area contributed by atoms with Gasteiger partial charge in [-0.1, -0.05) is 0 Å². The zero-order chi connectivity index (χ0) is 13.1. The van der Waals surface area contributed by atoms with Crippen LogP contribution in [0.15, 0.2) is 36.7 Å². The number of fused-ring (bicyclic) bond motifs is 3. The van der Waals surface area contributed by atoms with Crippen molar-refractivity contribution in [3.63, 3.8) is 0 Å². The molecule has 3 rings (SSSR count). The van der Waals surface area contributed by atoms with Crippen molar-refractivity contribution in [2.45, 2.75) is 0 Å². The maximum absolute atomic E-state index is 9.67. The number of halogens is 1. The molecule has 0 saturated carbocycles. The van der Waals surface area contributed by atoms with E-state index in [-0.39, 0.29) is 18.9 Å². The number of aromatic nitrogens is 2. The van der Waals surface area contributed by atoms with E-state index in [1.165, 1.54) is 24.5 Å². The van der Waals surface area contributed by atoms with Crippen LogP contribution in [0.25, 0.3) is 21.8 Å². The average molecular weight is 364 g/mol. The van der Waals surface area contributed by atoms with E-state index in [9.17, 15) is 10.2 Å². The van der Waals surface area contributed by atoms with Crippen molar-refractivity contribution in [2.24, 2.45) is 0 Å². The summed E-state index contributed by atoms with van der Waals surface area (Å²) in [5, 5.41) is 20.6. The van der Waals surface area contributed by atoms with Crippen molar-refractivity contribution in [3.05, 3.63) is 44.1 Å². The molecule has 2 aromatic heterocycles. The number of hydrogen-bond acceptors (Lipinski definition) is 4. The van der Waals surface area contributed by atoms with Gasteiger partial charge < -0.3 is 17.6 Å². The monoisotopic (exact) mass is 364 g/mol. The SMILES string of the molecule is Oc1ccnc2c1ccc1c(O)ccnc12.[CH3-].[Cl][Ru+]. The normalized spacial score (nSPS) is 9.58. The molecule has 100 valence electrons. The quantitative estimate of drug-likeness (QED) is 0.365. The molecule has 4 nitrogen and oxygen atoms in total. The van der Waals surface area contributed by atoms with Crippen LogP contribution in [0.1, 0.15) is 0 Å². The summed E-state index contributed by atoms with van der Waals surface area (Å²) in [4.78, 5) is 8.36. The third-order valence-corrected chi connectivity index (χ3v) is 2.58. The van der Waals surface area contributed by atoms with Crippen LogP contribution < -0.4 is 0 Å².